The van der Waals surface area contributed by atoms with Gasteiger partial charge in [0.05, 0.1) is 22.5 Å². The van der Waals surface area contributed by atoms with Crippen LogP contribution in [0.5, 0.6) is 0 Å². The Kier molecular flexibility index (Phi) is 6.36. The number of piperidine rings is 1. The molecular formula is C25H25F2IN4O. The van der Waals surface area contributed by atoms with E-state index in [1.807, 2.05) is 35.2 Å². The van der Waals surface area contributed by atoms with Crippen LogP contribution in [0.3, 0.4) is 0 Å². The highest BCUT2D eigenvalue weighted by Crippen LogP contribution is 2.32. The molecule has 3 heterocycles. The first-order valence-corrected chi connectivity index (χ1v) is 12.5. The number of nitrogens with zero attached hydrogens (tertiary/aromatic N) is 3. The molecule has 0 saturated carbocycles. The molecule has 0 aliphatic carbocycles. The van der Waals surface area contributed by atoms with E-state index in [-0.39, 0.29) is 11.5 Å². The molecule has 1 amide bonds. The van der Waals surface area contributed by atoms with Crippen LogP contribution in [0.2, 0.25) is 0 Å². The molecule has 5 nitrogen and oxygen atoms in total. The average Bonchev–Trinajstić information content (AvgIpc) is 3.01. The fourth-order valence-corrected chi connectivity index (χ4v) is 5.30. The van der Waals surface area contributed by atoms with Gasteiger partial charge in [0.1, 0.15) is 11.3 Å². The zero-order chi connectivity index (χ0) is 22.9. The van der Waals surface area contributed by atoms with Crippen LogP contribution < -0.4 is 10.2 Å². The standard InChI is InChI=1S/C25H25F2IN4O/c26-24(27)16-10-13-31(14-11-16)21-15-17(28)8-9-18(21)25(33)29-19-5-4-6-20-23(19)30-22-7-2-1-3-12-32(20)22/h4-6,8-9,15H,1-3,7,10-14H2,(H,29,33). The number of imidazole rings is 1. The number of fused-ring (bicyclic) bond motifs is 3. The highest BCUT2D eigenvalue weighted by Gasteiger charge is 2.23. The molecule has 33 heavy (non-hydrogen) atoms. The van der Waals surface area contributed by atoms with E-state index >= 15 is 0 Å². The average molecular weight is 562 g/mol. The third kappa shape index (κ3) is 4.49. The van der Waals surface area contributed by atoms with Gasteiger partial charge in [0.2, 0.25) is 0 Å². The van der Waals surface area contributed by atoms with Crippen LogP contribution in [0, 0.1) is 3.57 Å². The van der Waals surface area contributed by atoms with Gasteiger partial charge in [-0.15, -0.1) is 0 Å². The van der Waals surface area contributed by atoms with Gasteiger partial charge < -0.3 is 14.8 Å². The molecule has 0 bridgehead atoms. The van der Waals surface area contributed by atoms with Crippen molar-refractivity contribution >= 4 is 50.9 Å². The Labute approximate surface area is 205 Å². The van der Waals surface area contributed by atoms with E-state index in [0.29, 0.717) is 37.2 Å². The maximum Gasteiger partial charge on any atom is 0.269 e. The summed E-state index contributed by atoms with van der Waals surface area (Å²) in [6, 6.07) is 11.6. The number of carbonyl (C=O) groups excluding carboxylic acids is 1. The first-order valence-electron chi connectivity index (χ1n) is 11.4. The normalized spacial score (nSPS) is 16.5. The van der Waals surface area contributed by atoms with Gasteiger partial charge in [0.25, 0.3) is 12.0 Å². The number of benzene rings is 2. The van der Waals surface area contributed by atoms with Crippen molar-refractivity contribution in [2.45, 2.75) is 45.1 Å². The zero-order valence-electron chi connectivity index (χ0n) is 18.2. The minimum Gasteiger partial charge on any atom is -0.370 e. The molecule has 0 spiro atoms. The summed E-state index contributed by atoms with van der Waals surface area (Å²) in [7, 11) is 0. The molecule has 0 radical (unpaired) electrons. The molecule has 1 fully saturated rings. The Bertz CT molecular complexity index is 1240. The number of hydrogen-bond acceptors (Lipinski definition) is 3. The number of rotatable bonds is 3. The van der Waals surface area contributed by atoms with Crippen LogP contribution in [0.25, 0.3) is 11.0 Å². The van der Waals surface area contributed by atoms with Crippen molar-refractivity contribution in [2.24, 2.45) is 0 Å². The predicted octanol–water partition coefficient (Wildman–Crippen LogP) is 6.37. The number of carbonyl (C=O) groups is 1. The second kappa shape index (κ2) is 9.40. The molecule has 1 aromatic heterocycles. The maximum absolute atomic E-state index is 13.4. The first kappa shape index (κ1) is 22.3. The number of amides is 1. The zero-order valence-corrected chi connectivity index (χ0v) is 20.4. The van der Waals surface area contributed by atoms with Gasteiger partial charge in [0, 0.05) is 29.6 Å². The lowest BCUT2D eigenvalue weighted by Gasteiger charge is -2.31. The van der Waals surface area contributed by atoms with Crippen molar-refractivity contribution in [1.29, 1.82) is 0 Å². The molecular weight excluding hydrogens is 537 g/mol. The number of aryl methyl sites for hydroxylation is 2. The summed E-state index contributed by atoms with van der Waals surface area (Å²) < 4.78 is 29.2. The van der Waals surface area contributed by atoms with Crippen molar-refractivity contribution in [3.63, 3.8) is 0 Å². The second-order valence-corrected chi connectivity index (χ2v) is 9.88. The number of halogens is 3. The molecule has 2 aliphatic heterocycles. The van der Waals surface area contributed by atoms with Gasteiger partial charge in [-0.2, -0.15) is 8.78 Å². The Morgan fingerprint density at radius 2 is 1.82 bits per heavy atom. The molecule has 5 rings (SSSR count). The van der Waals surface area contributed by atoms with Crippen molar-refractivity contribution in [3.05, 3.63) is 63.0 Å². The van der Waals surface area contributed by atoms with E-state index in [9.17, 15) is 13.6 Å². The van der Waals surface area contributed by atoms with Gasteiger partial charge in [-0.3, -0.25) is 4.79 Å². The number of para-hydroxylation sites is 1. The summed E-state index contributed by atoms with van der Waals surface area (Å²) in [5, 5.41) is 3.08. The Hall–Kier alpha value is -2.49. The summed E-state index contributed by atoms with van der Waals surface area (Å²) in [4.78, 5) is 20.3. The summed E-state index contributed by atoms with van der Waals surface area (Å²) in [5.41, 5.74) is 4.11. The van der Waals surface area contributed by atoms with Crippen molar-refractivity contribution in [1.82, 2.24) is 9.55 Å². The van der Waals surface area contributed by atoms with E-state index in [1.54, 1.807) is 0 Å². The highest BCUT2D eigenvalue weighted by atomic mass is 127. The van der Waals surface area contributed by atoms with Gasteiger partial charge >= 0.3 is 0 Å². The molecule has 2 aliphatic rings. The van der Waals surface area contributed by atoms with Crippen molar-refractivity contribution in [2.75, 3.05) is 23.3 Å². The number of aromatic nitrogens is 2. The monoisotopic (exact) mass is 562 g/mol. The summed E-state index contributed by atoms with van der Waals surface area (Å²) in [6.45, 7) is 1.89. The van der Waals surface area contributed by atoms with E-state index in [0.717, 1.165) is 51.9 Å². The smallest absolute Gasteiger partial charge is 0.269 e. The molecule has 0 unspecified atom stereocenters. The van der Waals surface area contributed by atoms with Crippen molar-refractivity contribution in [3.8, 4) is 0 Å². The maximum atomic E-state index is 13.4. The Morgan fingerprint density at radius 1 is 1.00 bits per heavy atom. The Balaban J connectivity index is 1.44. The van der Waals surface area contributed by atoms with Gasteiger partial charge in [0.15, 0.2) is 0 Å². The second-order valence-electron chi connectivity index (χ2n) is 8.63. The number of hydrogen-bond donors (Lipinski definition) is 1. The molecule has 172 valence electrons. The topological polar surface area (TPSA) is 50.2 Å². The minimum absolute atomic E-state index is 0.213. The lowest BCUT2D eigenvalue weighted by atomic mass is 10.0. The van der Waals surface area contributed by atoms with Crippen LogP contribution in [0.1, 0.15) is 48.3 Å². The first-order chi connectivity index (χ1) is 16.0. The third-order valence-electron chi connectivity index (χ3n) is 6.57. The van der Waals surface area contributed by atoms with Gasteiger partial charge in [-0.05, 0) is 84.2 Å². The Morgan fingerprint density at radius 3 is 2.61 bits per heavy atom. The lowest BCUT2D eigenvalue weighted by Crippen LogP contribution is -2.32. The van der Waals surface area contributed by atoms with E-state index in [4.69, 9.17) is 4.98 Å². The molecule has 1 saturated heterocycles. The lowest BCUT2D eigenvalue weighted by molar-refractivity contribution is 0.102. The fraction of sp³-hybridized carbons (Fsp3) is 0.360. The van der Waals surface area contributed by atoms with Crippen LogP contribution in [0.4, 0.5) is 20.2 Å². The molecule has 3 aromatic rings. The van der Waals surface area contributed by atoms with Crippen LogP contribution in [-0.2, 0) is 13.0 Å². The summed E-state index contributed by atoms with van der Waals surface area (Å²) in [5.74, 6) is 0.867. The van der Waals surface area contributed by atoms with Crippen LogP contribution in [0.15, 0.2) is 48.1 Å². The van der Waals surface area contributed by atoms with Gasteiger partial charge in [-0.1, -0.05) is 12.5 Å². The van der Waals surface area contributed by atoms with Crippen LogP contribution in [-0.4, -0.2) is 28.5 Å². The van der Waals surface area contributed by atoms with E-state index < -0.39 is 6.08 Å². The van der Waals surface area contributed by atoms with E-state index in [1.165, 1.54) is 6.42 Å². The van der Waals surface area contributed by atoms with E-state index in [2.05, 4.69) is 38.5 Å². The van der Waals surface area contributed by atoms with Gasteiger partial charge in [-0.25, -0.2) is 4.98 Å². The largest absolute Gasteiger partial charge is 0.370 e. The summed E-state index contributed by atoms with van der Waals surface area (Å²) >= 11 is 2.21. The number of nitrogens with one attached hydrogen (secondary N) is 1. The highest BCUT2D eigenvalue weighted by molar-refractivity contribution is 14.1. The quantitative estimate of drug-likeness (QED) is 0.378. The molecule has 0 atom stereocenters. The fourth-order valence-electron chi connectivity index (χ4n) is 4.82. The third-order valence-corrected chi connectivity index (χ3v) is 7.24. The SMILES string of the molecule is O=C(Nc1cccc2c1nc1n2CCCCC1)c1ccc(I)cc1N1CCC(=C(F)F)CC1. The molecule has 8 heteroatoms. The van der Waals surface area contributed by atoms with Crippen molar-refractivity contribution < 1.29 is 13.6 Å². The molecule has 2 aromatic carbocycles. The minimum atomic E-state index is -1.57. The predicted molar refractivity (Wildman–Crippen MR) is 135 cm³/mol. The molecule has 1 N–H and O–H groups in total. The van der Waals surface area contributed by atoms with Crippen LogP contribution >= 0.6 is 22.6 Å². The summed E-state index contributed by atoms with van der Waals surface area (Å²) in [6.07, 6.45) is 3.50. The number of anilines is 2.